The number of rotatable bonds is 25. The summed E-state index contributed by atoms with van der Waals surface area (Å²) < 4.78 is 16.4. The van der Waals surface area contributed by atoms with Gasteiger partial charge in [-0.05, 0) is 44.1 Å². The van der Waals surface area contributed by atoms with Gasteiger partial charge in [0.2, 0.25) is 17.7 Å². The van der Waals surface area contributed by atoms with Gasteiger partial charge in [-0.3, -0.25) is 24.0 Å². The van der Waals surface area contributed by atoms with Gasteiger partial charge in [0.1, 0.15) is 61.5 Å². The number of nitrogens with one attached hydrogen (secondary N) is 2. The quantitative estimate of drug-likeness (QED) is 0.0350. The first kappa shape index (κ1) is 49.5. The summed E-state index contributed by atoms with van der Waals surface area (Å²) in [5.74, 6) is -3.33. The molecule has 0 spiro atoms. The van der Waals surface area contributed by atoms with Crippen molar-refractivity contribution in [3.8, 4) is 0 Å². The molecule has 0 aromatic heterocycles. The van der Waals surface area contributed by atoms with Crippen LogP contribution in [0, 0.1) is 0 Å². The van der Waals surface area contributed by atoms with Gasteiger partial charge in [0, 0.05) is 38.9 Å². The zero-order valence-electron chi connectivity index (χ0n) is 33.0. The van der Waals surface area contributed by atoms with E-state index in [0.29, 0.717) is 32.1 Å². The lowest BCUT2D eigenvalue weighted by molar-refractivity contribution is -0.232. The van der Waals surface area contributed by atoms with Gasteiger partial charge in [0.25, 0.3) is 0 Å². The van der Waals surface area contributed by atoms with Crippen molar-refractivity contribution in [3.63, 3.8) is 0 Å². The highest BCUT2D eigenvalue weighted by Gasteiger charge is 2.45. The van der Waals surface area contributed by atoms with E-state index in [4.69, 9.17) is 14.2 Å². The Morgan fingerprint density at radius 3 is 1.75 bits per heavy atom. The SMILES string of the molecule is O=C(O)C[C@H](NC(=O)CCCCC(=O)OCc1ccccc1)C(=O)NCCCCCC(=O)N(CC[C@H]1O[C@H](CO)[C@@H](O)[C@H](O)[C@@H]1O)CC[C@H]1O[C@H](CO)[C@@H](O)[C@H](O)[C@@H]1O. The Morgan fingerprint density at radius 1 is 0.678 bits per heavy atom. The number of aliphatic carboxylic acids is 1. The number of carbonyl (C=O) groups excluding carboxylic acids is 4. The predicted molar refractivity (Wildman–Crippen MR) is 204 cm³/mol. The van der Waals surface area contributed by atoms with E-state index in [9.17, 15) is 69.9 Å². The molecule has 3 amide bonds. The zero-order chi connectivity index (χ0) is 43.5. The van der Waals surface area contributed by atoms with Crippen LogP contribution in [0.4, 0.5) is 0 Å². The number of hydrogen-bond donors (Lipinski definition) is 11. The Hall–Kier alpha value is -3.83. The van der Waals surface area contributed by atoms with Gasteiger partial charge in [0.15, 0.2) is 0 Å². The number of amides is 3. The molecule has 11 atom stereocenters. The fraction of sp³-hybridized carbons (Fsp3) is 0.718. The Morgan fingerprint density at radius 2 is 1.20 bits per heavy atom. The van der Waals surface area contributed by atoms with Crippen LogP contribution in [0.1, 0.15) is 76.2 Å². The van der Waals surface area contributed by atoms with Crippen LogP contribution in [-0.2, 0) is 44.8 Å². The molecule has 0 aliphatic carbocycles. The van der Waals surface area contributed by atoms with E-state index in [1.54, 1.807) is 0 Å². The van der Waals surface area contributed by atoms with Gasteiger partial charge in [-0.1, -0.05) is 36.8 Å². The number of ether oxygens (including phenoxy) is 3. The Balaban J connectivity index is 1.44. The van der Waals surface area contributed by atoms with Gasteiger partial charge >= 0.3 is 11.9 Å². The maximum Gasteiger partial charge on any atom is 0.306 e. The van der Waals surface area contributed by atoms with Crippen LogP contribution >= 0.6 is 0 Å². The first-order valence-electron chi connectivity index (χ1n) is 20.0. The van der Waals surface area contributed by atoms with Crippen molar-refractivity contribution in [1.82, 2.24) is 15.5 Å². The smallest absolute Gasteiger partial charge is 0.306 e. The van der Waals surface area contributed by atoms with Crippen LogP contribution in [0.3, 0.4) is 0 Å². The molecular formula is C39H61N3O17. The number of unbranched alkanes of at least 4 members (excludes halogenated alkanes) is 3. The molecule has 11 N–H and O–H groups in total. The highest BCUT2D eigenvalue weighted by atomic mass is 16.6. The minimum absolute atomic E-state index is 0.0136. The molecule has 0 unspecified atom stereocenters. The van der Waals surface area contributed by atoms with Crippen LogP contribution in [0.15, 0.2) is 30.3 Å². The third-order valence-electron chi connectivity index (χ3n) is 10.4. The van der Waals surface area contributed by atoms with Crippen molar-refractivity contribution >= 4 is 29.7 Å². The van der Waals surface area contributed by atoms with Crippen LogP contribution in [-0.4, -0.2) is 180 Å². The highest BCUT2D eigenvalue weighted by molar-refractivity contribution is 5.90. The number of nitrogens with zero attached hydrogens (tertiary/aromatic N) is 1. The van der Waals surface area contributed by atoms with Gasteiger partial charge < -0.3 is 75.7 Å². The molecule has 2 saturated heterocycles. The second-order valence-electron chi connectivity index (χ2n) is 14.9. The van der Waals surface area contributed by atoms with E-state index in [1.165, 1.54) is 4.90 Å². The topological polar surface area (TPSA) is 322 Å². The van der Waals surface area contributed by atoms with E-state index in [0.717, 1.165) is 5.56 Å². The molecule has 1 aromatic carbocycles. The van der Waals surface area contributed by atoms with Crippen LogP contribution in [0.2, 0.25) is 0 Å². The maximum atomic E-state index is 13.4. The van der Waals surface area contributed by atoms with E-state index in [2.05, 4.69) is 10.6 Å². The minimum Gasteiger partial charge on any atom is -0.481 e. The summed E-state index contributed by atoms with van der Waals surface area (Å²) in [5.41, 5.74) is 0.843. The average molecular weight is 844 g/mol. The van der Waals surface area contributed by atoms with E-state index in [-0.39, 0.29) is 64.3 Å². The summed E-state index contributed by atoms with van der Waals surface area (Å²) in [6, 6.07) is 7.82. The van der Waals surface area contributed by atoms with Crippen molar-refractivity contribution < 1.29 is 84.1 Å². The molecule has 2 aliphatic heterocycles. The molecular weight excluding hydrogens is 782 g/mol. The summed E-state index contributed by atoms with van der Waals surface area (Å²) in [7, 11) is 0. The standard InChI is InChI=1S/C39H61N3O17/c43-20-27-35(52)37(54)33(50)25(58-27)14-17-42(18-15-26-34(51)38(55)36(53)28(21-44)59-26)30(46)12-5-2-8-16-40-39(56)24(19-31(47)48)41-29(45)11-6-7-13-32(49)57-22-23-9-3-1-4-10-23/h1,3-4,9-10,24-28,33-38,43-44,50-55H,2,5-8,11-22H2,(H,40,56)(H,41,45)(H,47,48)/t24-,25+,26+,27+,28+,33+,34+,35+,36+,37+,38+/m0/s1. The summed E-state index contributed by atoms with van der Waals surface area (Å²) in [5, 5.41) is 95.1. The number of esters is 1. The van der Waals surface area contributed by atoms with Gasteiger partial charge in [-0.15, -0.1) is 0 Å². The number of benzene rings is 1. The lowest BCUT2D eigenvalue weighted by atomic mass is 9.93. The van der Waals surface area contributed by atoms with Crippen molar-refractivity contribution in [1.29, 1.82) is 0 Å². The first-order valence-corrected chi connectivity index (χ1v) is 20.0. The number of carboxylic acids is 1. The Labute approximate surface area is 342 Å². The molecule has 20 nitrogen and oxygen atoms in total. The molecule has 334 valence electrons. The zero-order valence-corrected chi connectivity index (χ0v) is 33.0. The second-order valence-corrected chi connectivity index (χ2v) is 14.9. The number of aliphatic hydroxyl groups excluding tert-OH is 8. The largest absolute Gasteiger partial charge is 0.481 e. The molecule has 3 rings (SSSR count). The normalized spacial score (nSPS) is 27.3. The van der Waals surface area contributed by atoms with Crippen molar-refractivity contribution in [2.75, 3.05) is 32.8 Å². The molecule has 59 heavy (non-hydrogen) atoms. The van der Waals surface area contributed by atoms with E-state index >= 15 is 0 Å². The lowest BCUT2D eigenvalue weighted by Gasteiger charge is -2.41. The van der Waals surface area contributed by atoms with Crippen LogP contribution in [0.5, 0.6) is 0 Å². The number of aliphatic hydroxyl groups is 8. The molecule has 0 saturated carbocycles. The Kier molecular flexibility index (Phi) is 21.6. The molecule has 2 aliphatic rings. The molecule has 2 heterocycles. The average Bonchev–Trinajstić information content (AvgIpc) is 3.22. The fourth-order valence-corrected chi connectivity index (χ4v) is 6.85. The van der Waals surface area contributed by atoms with Gasteiger partial charge in [-0.2, -0.15) is 0 Å². The van der Waals surface area contributed by atoms with Gasteiger partial charge in [0.05, 0.1) is 31.8 Å². The van der Waals surface area contributed by atoms with Crippen molar-refractivity contribution in [3.05, 3.63) is 35.9 Å². The van der Waals surface area contributed by atoms with E-state index in [1.807, 2.05) is 30.3 Å². The summed E-state index contributed by atoms with van der Waals surface area (Å²) in [6.07, 6.45) is -12.6. The summed E-state index contributed by atoms with van der Waals surface area (Å²) >= 11 is 0. The molecule has 20 heteroatoms. The third kappa shape index (κ3) is 16.3. The first-order chi connectivity index (χ1) is 28.2. The number of carbonyl (C=O) groups is 5. The summed E-state index contributed by atoms with van der Waals surface area (Å²) in [6.45, 7) is -1.08. The third-order valence-corrected chi connectivity index (χ3v) is 10.4. The molecule has 1 aromatic rings. The number of carboxylic acid groups (broad SMARTS) is 1. The van der Waals surface area contributed by atoms with Crippen LogP contribution < -0.4 is 10.6 Å². The number of hydrogen-bond acceptors (Lipinski definition) is 16. The predicted octanol–water partition coefficient (Wildman–Crippen LogP) is -2.78. The van der Waals surface area contributed by atoms with Crippen molar-refractivity contribution in [2.45, 2.75) is 144 Å². The Bertz CT molecular complexity index is 1410. The maximum absolute atomic E-state index is 13.4. The lowest BCUT2D eigenvalue weighted by Crippen LogP contribution is -2.59. The molecule has 0 radical (unpaired) electrons. The summed E-state index contributed by atoms with van der Waals surface area (Å²) in [4.78, 5) is 63.6. The van der Waals surface area contributed by atoms with E-state index < -0.39 is 110 Å². The molecule has 0 bridgehead atoms. The minimum atomic E-state index is -1.61. The van der Waals surface area contributed by atoms with Crippen LogP contribution in [0.25, 0.3) is 0 Å². The molecule has 2 fully saturated rings. The monoisotopic (exact) mass is 843 g/mol. The fourth-order valence-electron chi connectivity index (χ4n) is 6.85. The van der Waals surface area contributed by atoms with Gasteiger partial charge in [-0.25, -0.2) is 0 Å². The second kappa shape index (κ2) is 25.7. The highest BCUT2D eigenvalue weighted by Crippen LogP contribution is 2.26. The van der Waals surface area contributed by atoms with Crippen molar-refractivity contribution in [2.24, 2.45) is 0 Å².